The molecule has 0 unspecified atom stereocenters. The number of nitrogen functional groups attached to an aromatic ring is 1. The van der Waals surface area contributed by atoms with E-state index in [1.165, 1.54) is 19.3 Å². The molecule has 0 saturated heterocycles. The first-order valence-electron chi connectivity index (χ1n) is 5.62. The second-order valence-electron chi connectivity index (χ2n) is 3.67. The molecule has 0 saturated carbocycles. The van der Waals surface area contributed by atoms with Crippen molar-refractivity contribution in [3.63, 3.8) is 0 Å². The zero-order chi connectivity index (χ0) is 10.9. The quantitative estimate of drug-likeness (QED) is 0.701. The fraction of sp³-hybridized carbons (Fsp3) is 0.583. The van der Waals surface area contributed by atoms with Gasteiger partial charge in [-0.05, 0) is 18.6 Å². The van der Waals surface area contributed by atoms with Crippen LogP contribution in [0.25, 0.3) is 0 Å². The molecule has 0 spiro atoms. The summed E-state index contributed by atoms with van der Waals surface area (Å²) >= 11 is 0. The molecule has 0 aliphatic rings. The number of ether oxygens (including phenoxy) is 1. The summed E-state index contributed by atoms with van der Waals surface area (Å²) in [5, 5.41) is 0. The number of nitrogens with two attached hydrogens (primary N) is 1. The Kier molecular flexibility index (Phi) is 5.78. The average molecular weight is 208 g/mol. The van der Waals surface area contributed by atoms with Gasteiger partial charge in [-0.15, -0.1) is 0 Å². The Morgan fingerprint density at radius 3 is 2.87 bits per heavy atom. The van der Waals surface area contributed by atoms with E-state index in [4.69, 9.17) is 10.5 Å². The summed E-state index contributed by atoms with van der Waals surface area (Å²) < 4.78 is 5.50. The summed E-state index contributed by atoms with van der Waals surface area (Å²) in [7, 11) is 0. The predicted molar refractivity (Wildman–Crippen MR) is 62.4 cm³/mol. The highest BCUT2D eigenvalue weighted by molar-refractivity contribution is 5.28. The topological polar surface area (TPSA) is 48.1 Å². The first-order valence-corrected chi connectivity index (χ1v) is 5.62. The monoisotopic (exact) mass is 208 g/mol. The van der Waals surface area contributed by atoms with Crippen LogP contribution in [0.5, 0.6) is 0 Å². The smallest absolute Gasteiger partial charge is 0.123 e. The zero-order valence-corrected chi connectivity index (χ0v) is 9.41. The molecule has 15 heavy (non-hydrogen) atoms. The Morgan fingerprint density at radius 2 is 2.13 bits per heavy atom. The summed E-state index contributed by atoms with van der Waals surface area (Å²) in [5.74, 6) is 0.557. The predicted octanol–water partition coefficient (Wildman–Crippen LogP) is 2.76. The van der Waals surface area contributed by atoms with Crippen LogP contribution in [0.15, 0.2) is 18.2 Å². The number of hydrogen-bond acceptors (Lipinski definition) is 3. The van der Waals surface area contributed by atoms with Crippen LogP contribution in [0.3, 0.4) is 0 Å². The Labute approximate surface area is 91.7 Å². The fourth-order valence-corrected chi connectivity index (χ4v) is 1.39. The van der Waals surface area contributed by atoms with Crippen LogP contribution < -0.4 is 5.73 Å². The molecule has 0 aliphatic heterocycles. The van der Waals surface area contributed by atoms with E-state index in [0.29, 0.717) is 12.4 Å². The minimum Gasteiger partial charge on any atom is -0.384 e. The maximum absolute atomic E-state index is 5.56. The van der Waals surface area contributed by atoms with Gasteiger partial charge in [-0.3, -0.25) is 0 Å². The molecule has 1 aromatic rings. The largest absolute Gasteiger partial charge is 0.384 e. The third-order valence-electron chi connectivity index (χ3n) is 2.22. The van der Waals surface area contributed by atoms with E-state index < -0.39 is 0 Å². The highest BCUT2D eigenvalue weighted by Gasteiger charge is 1.95. The molecule has 3 nitrogen and oxygen atoms in total. The van der Waals surface area contributed by atoms with E-state index in [2.05, 4.69) is 11.9 Å². The number of anilines is 1. The van der Waals surface area contributed by atoms with E-state index in [1.807, 2.05) is 12.1 Å². The van der Waals surface area contributed by atoms with E-state index in [9.17, 15) is 0 Å². The number of rotatable bonds is 7. The highest BCUT2D eigenvalue weighted by atomic mass is 16.5. The SMILES string of the molecule is CCCCCCOCc1cccc(N)n1. The molecule has 84 valence electrons. The van der Waals surface area contributed by atoms with Crippen LogP contribution in [0.1, 0.15) is 38.3 Å². The van der Waals surface area contributed by atoms with Gasteiger partial charge in [0.2, 0.25) is 0 Å². The van der Waals surface area contributed by atoms with Crippen molar-refractivity contribution >= 4 is 5.82 Å². The maximum Gasteiger partial charge on any atom is 0.123 e. The van der Waals surface area contributed by atoms with Crippen molar-refractivity contribution in [3.8, 4) is 0 Å². The molecule has 0 radical (unpaired) electrons. The Hall–Kier alpha value is -1.09. The van der Waals surface area contributed by atoms with Crippen molar-refractivity contribution in [2.45, 2.75) is 39.2 Å². The van der Waals surface area contributed by atoms with E-state index >= 15 is 0 Å². The van der Waals surface area contributed by atoms with Crippen molar-refractivity contribution < 1.29 is 4.74 Å². The lowest BCUT2D eigenvalue weighted by Gasteiger charge is -2.03. The van der Waals surface area contributed by atoms with Crippen molar-refractivity contribution in [3.05, 3.63) is 23.9 Å². The minimum absolute atomic E-state index is 0.557. The molecule has 0 fully saturated rings. The summed E-state index contributed by atoms with van der Waals surface area (Å²) in [5.41, 5.74) is 6.47. The van der Waals surface area contributed by atoms with Crippen molar-refractivity contribution in [2.75, 3.05) is 12.3 Å². The van der Waals surface area contributed by atoms with Crippen LogP contribution >= 0.6 is 0 Å². The van der Waals surface area contributed by atoms with Gasteiger partial charge < -0.3 is 10.5 Å². The lowest BCUT2D eigenvalue weighted by molar-refractivity contribution is 0.114. The Balaban J connectivity index is 2.10. The third kappa shape index (κ3) is 5.37. The van der Waals surface area contributed by atoms with Gasteiger partial charge in [0.1, 0.15) is 5.82 Å². The van der Waals surface area contributed by atoms with Gasteiger partial charge in [0.05, 0.1) is 12.3 Å². The van der Waals surface area contributed by atoms with E-state index in [0.717, 1.165) is 18.7 Å². The van der Waals surface area contributed by atoms with Crippen LogP contribution in [-0.2, 0) is 11.3 Å². The first-order chi connectivity index (χ1) is 7.33. The second kappa shape index (κ2) is 7.23. The van der Waals surface area contributed by atoms with Crippen LogP contribution in [0.2, 0.25) is 0 Å². The number of pyridine rings is 1. The molecule has 3 heteroatoms. The van der Waals surface area contributed by atoms with Crippen LogP contribution in [-0.4, -0.2) is 11.6 Å². The molecule has 2 N–H and O–H groups in total. The van der Waals surface area contributed by atoms with Gasteiger partial charge in [-0.2, -0.15) is 0 Å². The molecular weight excluding hydrogens is 188 g/mol. The third-order valence-corrected chi connectivity index (χ3v) is 2.22. The van der Waals surface area contributed by atoms with Gasteiger partial charge in [0, 0.05) is 6.61 Å². The first kappa shape index (κ1) is 12.0. The Morgan fingerprint density at radius 1 is 1.27 bits per heavy atom. The second-order valence-corrected chi connectivity index (χ2v) is 3.67. The molecule has 0 aliphatic carbocycles. The fourth-order valence-electron chi connectivity index (χ4n) is 1.39. The normalized spacial score (nSPS) is 10.5. The van der Waals surface area contributed by atoms with Crippen molar-refractivity contribution in [1.82, 2.24) is 4.98 Å². The van der Waals surface area contributed by atoms with Crippen LogP contribution in [0.4, 0.5) is 5.82 Å². The number of aromatic nitrogens is 1. The lowest BCUT2D eigenvalue weighted by Crippen LogP contribution is -1.99. The lowest BCUT2D eigenvalue weighted by atomic mass is 10.2. The van der Waals surface area contributed by atoms with Crippen LogP contribution in [0, 0.1) is 0 Å². The van der Waals surface area contributed by atoms with Gasteiger partial charge in [0.15, 0.2) is 0 Å². The average Bonchev–Trinajstić information content (AvgIpc) is 2.23. The molecule has 1 heterocycles. The molecule has 0 amide bonds. The zero-order valence-electron chi connectivity index (χ0n) is 9.41. The van der Waals surface area contributed by atoms with Crippen molar-refractivity contribution in [2.24, 2.45) is 0 Å². The van der Waals surface area contributed by atoms with Gasteiger partial charge in [0.25, 0.3) is 0 Å². The molecular formula is C12H20N2O. The molecule has 0 aromatic carbocycles. The van der Waals surface area contributed by atoms with Gasteiger partial charge in [-0.25, -0.2) is 4.98 Å². The number of nitrogens with zero attached hydrogens (tertiary/aromatic N) is 1. The summed E-state index contributed by atoms with van der Waals surface area (Å²) in [4.78, 5) is 4.16. The molecule has 0 atom stereocenters. The Bertz CT molecular complexity index is 276. The molecule has 0 bridgehead atoms. The van der Waals surface area contributed by atoms with E-state index in [-0.39, 0.29) is 0 Å². The molecule has 1 rings (SSSR count). The van der Waals surface area contributed by atoms with Gasteiger partial charge >= 0.3 is 0 Å². The summed E-state index contributed by atoms with van der Waals surface area (Å²) in [6, 6.07) is 5.62. The highest BCUT2D eigenvalue weighted by Crippen LogP contribution is 2.04. The minimum atomic E-state index is 0.557. The molecule has 1 aromatic heterocycles. The standard InChI is InChI=1S/C12H20N2O/c1-2-3-4-5-9-15-10-11-7-6-8-12(13)14-11/h6-8H,2-5,9-10H2,1H3,(H2,13,14). The number of unbranched alkanes of at least 4 members (excludes halogenated alkanes) is 3. The van der Waals surface area contributed by atoms with E-state index in [1.54, 1.807) is 6.07 Å². The van der Waals surface area contributed by atoms with Gasteiger partial charge in [-0.1, -0.05) is 32.3 Å². The summed E-state index contributed by atoms with van der Waals surface area (Å²) in [6.45, 7) is 3.59. The van der Waals surface area contributed by atoms with Crippen molar-refractivity contribution in [1.29, 1.82) is 0 Å². The number of hydrogen-bond donors (Lipinski definition) is 1. The maximum atomic E-state index is 5.56. The summed E-state index contributed by atoms with van der Waals surface area (Å²) in [6.07, 6.45) is 4.94.